The second kappa shape index (κ2) is 28.0. The van der Waals surface area contributed by atoms with Crippen LogP contribution in [0.2, 0.25) is 0 Å². The molecule has 12 heteroatoms. The summed E-state index contributed by atoms with van der Waals surface area (Å²) in [6.07, 6.45) is 17.8. The average Bonchev–Trinajstić information content (AvgIpc) is 3.17. The first kappa shape index (κ1) is 46.7. The molecule has 12 nitrogen and oxygen atoms in total. The van der Waals surface area contributed by atoms with E-state index in [1.54, 1.807) is 24.3 Å². The van der Waals surface area contributed by atoms with Crippen molar-refractivity contribution in [3.05, 3.63) is 65.7 Å². The Hall–Kier alpha value is -4.45. The summed E-state index contributed by atoms with van der Waals surface area (Å²) in [5.41, 5.74) is 12.7. The van der Waals surface area contributed by atoms with Gasteiger partial charge in [-0.25, -0.2) is 0 Å². The van der Waals surface area contributed by atoms with Gasteiger partial charge in [0.2, 0.25) is 29.5 Å². The molecule has 0 unspecified atom stereocenters. The Bertz CT molecular complexity index is 1410. The van der Waals surface area contributed by atoms with Crippen LogP contribution in [0.15, 0.2) is 54.6 Å². The van der Waals surface area contributed by atoms with Crippen molar-refractivity contribution in [3.63, 3.8) is 0 Å². The highest BCUT2D eigenvalue weighted by molar-refractivity contribution is 5.95. The number of hydrogen-bond donors (Lipinski definition) is 6. The third-order valence-electron chi connectivity index (χ3n) is 9.64. The van der Waals surface area contributed by atoms with Gasteiger partial charge in [-0.1, -0.05) is 126 Å². The van der Waals surface area contributed by atoms with Gasteiger partial charge in [0, 0.05) is 6.42 Å². The van der Waals surface area contributed by atoms with Crippen LogP contribution in [-0.2, 0) is 30.6 Å². The number of carbonyl (C=O) groups excluding carboxylic acids is 5. The Morgan fingerprint density at radius 3 is 1.69 bits per heavy atom. The van der Waals surface area contributed by atoms with E-state index in [0.717, 1.165) is 24.8 Å². The smallest absolute Gasteiger partial charge is 0.244 e. The Morgan fingerprint density at radius 2 is 1.15 bits per heavy atom. The minimum Gasteiger partial charge on any atom is -0.489 e. The molecule has 306 valence electrons. The molecule has 0 saturated carbocycles. The largest absolute Gasteiger partial charge is 0.489 e. The number of nitrogens with two attached hydrogens (primary N) is 2. The summed E-state index contributed by atoms with van der Waals surface area (Å²) in [7, 11) is 0. The number of primary amides is 1. The number of hydrogen-bond acceptors (Lipinski definition) is 7. The summed E-state index contributed by atoms with van der Waals surface area (Å²) < 4.78 is 5.80. The first-order chi connectivity index (χ1) is 26.5. The van der Waals surface area contributed by atoms with Gasteiger partial charge in [0.25, 0.3) is 0 Å². The van der Waals surface area contributed by atoms with E-state index in [4.69, 9.17) is 16.2 Å². The molecule has 55 heavy (non-hydrogen) atoms. The standard InChI is InChI=1S/C43H68N6O6/c1-4-5-6-7-8-9-10-11-12-13-14-15-19-25-38(50)48-37(24-20-21-30-44)43(54)47-32(2)41(52)46-33(3)42(53)49-39(40(45)51)35-26-28-36(29-27-35)55-31-34-22-17-16-18-23-34/h16-18,22-23,26-29,32-33,37,39H,4-15,19-21,24-25,30-31,44H2,1-3H3,(H2,45,51)(H,46,52)(H,47,54)(H,48,50)(H,49,53)/t32-,33-,37-,39-/m0/s1. The molecule has 4 atom stereocenters. The summed E-state index contributed by atoms with van der Waals surface area (Å²) in [5, 5.41) is 10.7. The lowest BCUT2D eigenvalue weighted by Crippen LogP contribution is -2.55. The SMILES string of the molecule is CCCCCCCCCCCCCCCC(=O)N[C@@H](CCCCN)C(=O)N[C@@H](C)C(=O)N[C@@H](C)C(=O)N[C@H](C(N)=O)c1ccc(OCc2ccccc2)cc1. The molecule has 0 aliphatic rings. The van der Waals surface area contributed by atoms with Crippen LogP contribution >= 0.6 is 0 Å². The molecule has 0 aliphatic heterocycles. The number of nitrogens with one attached hydrogen (secondary N) is 4. The van der Waals surface area contributed by atoms with Crippen molar-refractivity contribution in [1.82, 2.24) is 21.3 Å². The van der Waals surface area contributed by atoms with Crippen molar-refractivity contribution in [3.8, 4) is 5.75 Å². The van der Waals surface area contributed by atoms with Crippen molar-refractivity contribution >= 4 is 29.5 Å². The number of unbranched alkanes of at least 4 members (excludes halogenated alkanes) is 13. The van der Waals surface area contributed by atoms with E-state index in [2.05, 4.69) is 28.2 Å². The fourth-order valence-electron chi connectivity index (χ4n) is 6.20. The molecular formula is C43H68N6O6. The molecule has 2 rings (SSSR count). The lowest BCUT2D eigenvalue weighted by atomic mass is 10.0. The van der Waals surface area contributed by atoms with Crippen molar-refractivity contribution in [2.24, 2.45) is 11.5 Å². The third-order valence-corrected chi connectivity index (χ3v) is 9.64. The van der Waals surface area contributed by atoms with Crippen LogP contribution < -0.4 is 37.5 Å². The fraction of sp³-hybridized carbons (Fsp3) is 0.605. The van der Waals surface area contributed by atoms with Gasteiger partial charge in [0.05, 0.1) is 0 Å². The number of rotatable bonds is 30. The van der Waals surface area contributed by atoms with Crippen molar-refractivity contribution < 1.29 is 28.7 Å². The molecule has 0 spiro atoms. The Morgan fingerprint density at radius 1 is 0.618 bits per heavy atom. The van der Waals surface area contributed by atoms with E-state index >= 15 is 0 Å². The second-order valence-corrected chi connectivity index (χ2v) is 14.5. The number of ether oxygens (including phenoxy) is 1. The quantitative estimate of drug-likeness (QED) is 0.0524. The van der Waals surface area contributed by atoms with Crippen LogP contribution in [0.25, 0.3) is 0 Å². The zero-order chi connectivity index (χ0) is 40.3. The van der Waals surface area contributed by atoms with Gasteiger partial charge in [-0.3, -0.25) is 24.0 Å². The van der Waals surface area contributed by atoms with Crippen LogP contribution in [0.3, 0.4) is 0 Å². The van der Waals surface area contributed by atoms with Crippen LogP contribution in [0.1, 0.15) is 147 Å². The summed E-state index contributed by atoms with van der Waals surface area (Å²) in [5.74, 6) is -2.12. The predicted octanol–water partition coefficient (Wildman–Crippen LogP) is 6.01. The van der Waals surface area contributed by atoms with E-state index in [0.29, 0.717) is 50.1 Å². The maximum atomic E-state index is 13.2. The van der Waals surface area contributed by atoms with Crippen LogP contribution in [0.4, 0.5) is 0 Å². The first-order valence-electron chi connectivity index (χ1n) is 20.5. The summed E-state index contributed by atoms with van der Waals surface area (Å²) in [4.78, 5) is 64.4. The van der Waals surface area contributed by atoms with Gasteiger partial charge >= 0.3 is 0 Å². The molecule has 0 aliphatic carbocycles. The Labute approximate surface area is 329 Å². The van der Waals surface area contributed by atoms with Crippen LogP contribution in [-0.4, -0.2) is 54.2 Å². The molecule has 0 saturated heterocycles. The van der Waals surface area contributed by atoms with Gasteiger partial charge in [-0.2, -0.15) is 0 Å². The molecule has 0 aromatic heterocycles. The number of carbonyl (C=O) groups is 5. The highest BCUT2D eigenvalue weighted by atomic mass is 16.5. The van der Waals surface area contributed by atoms with Gasteiger partial charge < -0.3 is 37.5 Å². The first-order valence-corrected chi connectivity index (χ1v) is 20.5. The predicted molar refractivity (Wildman–Crippen MR) is 218 cm³/mol. The van der Waals surface area contributed by atoms with Crippen molar-refractivity contribution in [2.75, 3.05) is 6.54 Å². The molecular weight excluding hydrogens is 697 g/mol. The Balaban J connectivity index is 1.78. The summed E-state index contributed by atoms with van der Waals surface area (Å²) in [6, 6.07) is 12.3. The van der Waals surface area contributed by atoms with E-state index in [9.17, 15) is 24.0 Å². The van der Waals surface area contributed by atoms with E-state index in [1.165, 1.54) is 78.1 Å². The van der Waals surface area contributed by atoms with E-state index in [-0.39, 0.29) is 5.91 Å². The molecule has 2 aromatic rings. The topological polar surface area (TPSA) is 195 Å². The zero-order valence-corrected chi connectivity index (χ0v) is 33.5. The zero-order valence-electron chi connectivity index (χ0n) is 33.5. The Kier molecular flexibility index (Phi) is 23.8. The molecule has 0 fully saturated rings. The van der Waals surface area contributed by atoms with E-state index in [1.807, 2.05) is 30.3 Å². The number of amides is 5. The van der Waals surface area contributed by atoms with E-state index < -0.39 is 47.8 Å². The highest BCUT2D eigenvalue weighted by Gasteiger charge is 2.28. The number of benzene rings is 2. The molecule has 0 heterocycles. The monoisotopic (exact) mass is 765 g/mol. The van der Waals surface area contributed by atoms with Crippen LogP contribution in [0, 0.1) is 0 Å². The molecule has 0 bridgehead atoms. The minimum atomic E-state index is -1.15. The third kappa shape index (κ3) is 20.2. The molecule has 8 N–H and O–H groups in total. The summed E-state index contributed by atoms with van der Waals surface area (Å²) in [6.45, 7) is 6.04. The van der Waals surface area contributed by atoms with Crippen molar-refractivity contribution in [2.45, 2.75) is 161 Å². The highest BCUT2D eigenvalue weighted by Crippen LogP contribution is 2.19. The average molecular weight is 765 g/mol. The maximum absolute atomic E-state index is 13.2. The molecule has 2 aromatic carbocycles. The lowest BCUT2D eigenvalue weighted by molar-refractivity contribution is -0.134. The summed E-state index contributed by atoms with van der Waals surface area (Å²) >= 11 is 0. The van der Waals surface area contributed by atoms with Crippen molar-refractivity contribution in [1.29, 1.82) is 0 Å². The maximum Gasteiger partial charge on any atom is 0.244 e. The van der Waals surface area contributed by atoms with Crippen LogP contribution in [0.5, 0.6) is 5.75 Å². The van der Waals surface area contributed by atoms with Gasteiger partial charge in [0.15, 0.2) is 0 Å². The lowest BCUT2D eigenvalue weighted by Gasteiger charge is -2.23. The van der Waals surface area contributed by atoms with Gasteiger partial charge in [-0.05, 0) is 69.3 Å². The minimum absolute atomic E-state index is 0.197. The van der Waals surface area contributed by atoms with Gasteiger partial charge in [0.1, 0.15) is 36.5 Å². The fourth-order valence-corrected chi connectivity index (χ4v) is 6.20. The van der Waals surface area contributed by atoms with Gasteiger partial charge in [-0.15, -0.1) is 0 Å². The second-order valence-electron chi connectivity index (χ2n) is 14.5. The molecule has 5 amide bonds. The normalized spacial score (nSPS) is 13.2. The molecule has 0 radical (unpaired) electrons.